The molecule has 0 aliphatic carbocycles. The number of hydrogen-bond donors (Lipinski definition) is 0. The number of rotatable bonds is 3. The van der Waals surface area contributed by atoms with Gasteiger partial charge in [-0.25, -0.2) is 0 Å². The third-order valence-electron chi connectivity index (χ3n) is 3.13. The van der Waals surface area contributed by atoms with E-state index in [1.807, 2.05) is 43.9 Å². The summed E-state index contributed by atoms with van der Waals surface area (Å²) in [4.78, 5) is 14.5. The molecule has 0 aromatic heterocycles. The van der Waals surface area contributed by atoms with Crippen LogP contribution in [0.2, 0.25) is 0 Å². The number of nitrogens with zero attached hydrogens (tertiary/aromatic N) is 1. The van der Waals surface area contributed by atoms with Crippen LogP contribution in [0.15, 0.2) is 30.3 Å². The quantitative estimate of drug-likeness (QED) is 0.789. The number of amides is 1. The molecule has 0 aliphatic heterocycles. The molecule has 0 heterocycles. The largest absolute Gasteiger partial charge is 0.333 e. The maximum atomic E-state index is 12.5. The van der Waals surface area contributed by atoms with E-state index in [1.54, 1.807) is 0 Å². The highest BCUT2D eigenvalue weighted by Gasteiger charge is 2.32. The molecule has 0 aliphatic rings. The van der Waals surface area contributed by atoms with Crippen molar-refractivity contribution in [1.29, 1.82) is 0 Å². The maximum absolute atomic E-state index is 12.5. The molecule has 0 radical (unpaired) electrons. The van der Waals surface area contributed by atoms with Crippen molar-refractivity contribution >= 4 is 5.91 Å². The molecule has 1 aromatic carbocycles. The summed E-state index contributed by atoms with van der Waals surface area (Å²) in [6, 6.07) is 10.5. The third-order valence-corrected chi connectivity index (χ3v) is 3.13. The topological polar surface area (TPSA) is 20.3 Å². The normalized spacial score (nSPS) is 13.5. The van der Waals surface area contributed by atoms with Crippen LogP contribution >= 0.6 is 0 Å². The Morgan fingerprint density at radius 1 is 1.06 bits per heavy atom. The monoisotopic (exact) mass is 247 g/mol. The molecule has 1 amide bonds. The predicted molar refractivity (Wildman–Crippen MR) is 76.3 cm³/mol. The fourth-order valence-electron chi connectivity index (χ4n) is 2.14. The lowest BCUT2D eigenvalue weighted by molar-refractivity contribution is -0.143. The Morgan fingerprint density at radius 2 is 1.56 bits per heavy atom. The van der Waals surface area contributed by atoms with Gasteiger partial charge in [0, 0.05) is 11.5 Å². The van der Waals surface area contributed by atoms with E-state index in [-0.39, 0.29) is 23.4 Å². The second-order valence-corrected chi connectivity index (χ2v) is 6.14. The van der Waals surface area contributed by atoms with Crippen molar-refractivity contribution in [3.63, 3.8) is 0 Å². The van der Waals surface area contributed by atoms with Crippen LogP contribution in [-0.2, 0) is 4.79 Å². The van der Waals surface area contributed by atoms with Crippen molar-refractivity contribution in [2.75, 3.05) is 0 Å². The van der Waals surface area contributed by atoms with Crippen molar-refractivity contribution < 1.29 is 4.79 Å². The minimum absolute atomic E-state index is 0.109. The molecule has 0 spiro atoms. The second-order valence-electron chi connectivity index (χ2n) is 6.14. The Labute approximate surface area is 111 Å². The van der Waals surface area contributed by atoms with E-state index in [4.69, 9.17) is 0 Å². The Kier molecular flexibility index (Phi) is 4.55. The van der Waals surface area contributed by atoms with E-state index in [0.29, 0.717) is 0 Å². The van der Waals surface area contributed by atoms with Crippen LogP contribution in [0.4, 0.5) is 0 Å². The highest BCUT2D eigenvalue weighted by atomic mass is 16.2. The number of carbonyl (C=O) groups is 1. The third kappa shape index (κ3) is 3.34. The Bertz CT molecular complexity index is 389. The van der Waals surface area contributed by atoms with Gasteiger partial charge in [-0.15, -0.1) is 0 Å². The average molecular weight is 247 g/mol. The van der Waals surface area contributed by atoms with Crippen LogP contribution < -0.4 is 0 Å². The minimum Gasteiger partial charge on any atom is -0.333 e. The molecule has 1 rings (SSSR count). The summed E-state index contributed by atoms with van der Waals surface area (Å²) in [5.74, 6) is 0.203. The lowest BCUT2D eigenvalue weighted by atomic mass is 9.92. The van der Waals surface area contributed by atoms with Crippen LogP contribution in [0.1, 0.15) is 53.1 Å². The van der Waals surface area contributed by atoms with E-state index in [1.165, 1.54) is 5.56 Å². The zero-order valence-electron chi connectivity index (χ0n) is 12.4. The molecular formula is C16H25NO. The highest BCUT2D eigenvalue weighted by Crippen LogP contribution is 2.28. The van der Waals surface area contributed by atoms with E-state index >= 15 is 0 Å². The SMILES string of the molecule is CC(C)N(C(=O)C(C)(C)C)C(C)c1ccccc1. The first kappa shape index (κ1) is 14.7. The summed E-state index contributed by atoms with van der Waals surface area (Å²) < 4.78 is 0. The van der Waals surface area contributed by atoms with Crippen LogP contribution in [0.5, 0.6) is 0 Å². The van der Waals surface area contributed by atoms with E-state index in [9.17, 15) is 4.79 Å². The Morgan fingerprint density at radius 3 is 1.94 bits per heavy atom. The summed E-state index contributed by atoms with van der Waals surface area (Å²) in [5, 5.41) is 0. The molecule has 0 fully saturated rings. The van der Waals surface area contributed by atoms with Gasteiger partial charge in [0.1, 0.15) is 0 Å². The minimum atomic E-state index is -0.340. The summed E-state index contributed by atoms with van der Waals surface area (Å²) in [7, 11) is 0. The van der Waals surface area contributed by atoms with E-state index < -0.39 is 0 Å². The van der Waals surface area contributed by atoms with Crippen LogP contribution in [0, 0.1) is 5.41 Å². The van der Waals surface area contributed by atoms with E-state index in [2.05, 4.69) is 32.9 Å². The fraction of sp³-hybridized carbons (Fsp3) is 0.562. The van der Waals surface area contributed by atoms with Crippen molar-refractivity contribution in [1.82, 2.24) is 4.90 Å². The summed E-state index contributed by atoms with van der Waals surface area (Å²) in [5.41, 5.74) is 0.844. The predicted octanol–water partition coefficient (Wildman–Crippen LogP) is 4.03. The van der Waals surface area contributed by atoms with Gasteiger partial charge in [-0.05, 0) is 26.3 Å². The molecule has 1 aromatic rings. The van der Waals surface area contributed by atoms with Gasteiger partial charge in [-0.2, -0.15) is 0 Å². The molecule has 0 bridgehead atoms. The maximum Gasteiger partial charge on any atom is 0.228 e. The summed E-state index contributed by atoms with van der Waals surface area (Å²) in [6.45, 7) is 12.2. The molecule has 2 heteroatoms. The molecule has 2 nitrogen and oxygen atoms in total. The van der Waals surface area contributed by atoms with Gasteiger partial charge in [0.15, 0.2) is 0 Å². The first-order valence-corrected chi connectivity index (χ1v) is 6.63. The van der Waals surface area contributed by atoms with Crippen molar-refractivity contribution in [2.45, 2.75) is 53.6 Å². The molecule has 0 saturated carbocycles. The first-order chi connectivity index (χ1) is 8.25. The summed E-state index contributed by atoms with van der Waals surface area (Å²) in [6.07, 6.45) is 0. The number of benzene rings is 1. The molecule has 1 unspecified atom stereocenters. The van der Waals surface area contributed by atoms with Gasteiger partial charge in [-0.3, -0.25) is 4.79 Å². The smallest absolute Gasteiger partial charge is 0.228 e. The first-order valence-electron chi connectivity index (χ1n) is 6.63. The molecule has 100 valence electrons. The van der Waals surface area contributed by atoms with Gasteiger partial charge < -0.3 is 4.90 Å². The Balaban J connectivity index is 3.04. The van der Waals surface area contributed by atoms with Crippen molar-refractivity contribution in [3.8, 4) is 0 Å². The van der Waals surface area contributed by atoms with Gasteiger partial charge >= 0.3 is 0 Å². The van der Waals surface area contributed by atoms with Crippen LogP contribution in [-0.4, -0.2) is 16.8 Å². The number of hydrogen-bond acceptors (Lipinski definition) is 1. The lowest BCUT2D eigenvalue weighted by Crippen LogP contribution is -2.45. The average Bonchev–Trinajstić information content (AvgIpc) is 2.28. The van der Waals surface area contributed by atoms with Crippen LogP contribution in [0.25, 0.3) is 0 Å². The van der Waals surface area contributed by atoms with Crippen LogP contribution in [0.3, 0.4) is 0 Å². The van der Waals surface area contributed by atoms with Gasteiger partial charge in [0.05, 0.1) is 6.04 Å². The lowest BCUT2D eigenvalue weighted by Gasteiger charge is -2.37. The Hall–Kier alpha value is -1.31. The second kappa shape index (κ2) is 5.55. The zero-order chi connectivity index (χ0) is 13.9. The molecule has 0 saturated heterocycles. The van der Waals surface area contributed by atoms with Gasteiger partial charge in [0.25, 0.3) is 0 Å². The molecular weight excluding hydrogens is 222 g/mol. The zero-order valence-corrected chi connectivity index (χ0v) is 12.4. The molecule has 0 N–H and O–H groups in total. The fourth-order valence-corrected chi connectivity index (χ4v) is 2.14. The van der Waals surface area contributed by atoms with Crippen molar-refractivity contribution in [3.05, 3.63) is 35.9 Å². The van der Waals surface area contributed by atoms with Crippen molar-refractivity contribution in [2.24, 2.45) is 5.41 Å². The molecule has 18 heavy (non-hydrogen) atoms. The molecule has 1 atom stereocenters. The van der Waals surface area contributed by atoms with Gasteiger partial charge in [-0.1, -0.05) is 51.1 Å². The van der Waals surface area contributed by atoms with E-state index in [0.717, 1.165) is 0 Å². The number of carbonyl (C=O) groups excluding carboxylic acids is 1. The standard InChI is InChI=1S/C16H25NO/c1-12(2)17(15(18)16(4,5)6)13(3)14-10-8-7-9-11-14/h7-13H,1-6H3. The highest BCUT2D eigenvalue weighted by molar-refractivity contribution is 5.82. The summed E-state index contributed by atoms with van der Waals surface area (Å²) >= 11 is 0. The van der Waals surface area contributed by atoms with Gasteiger partial charge in [0.2, 0.25) is 5.91 Å².